The number of allylic oxidation sites excluding steroid dienone is 1. The average molecular weight is 291 g/mol. The summed E-state index contributed by atoms with van der Waals surface area (Å²) in [6, 6.07) is 3.32. The Morgan fingerprint density at radius 3 is 2.71 bits per heavy atom. The summed E-state index contributed by atoms with van der Waals surface area (Å²) in [5.41, 5.74) is 6.97. The number of pyridine rings is 1. The van der Waals surface area contributed by atoms with Crippen molar-refractivity contribution in [1.82, 2.24) is 0 Å². The van der Waals surface area contributed by atoms with Crippen LogP contribution in [0.1, 0.15) is 25.1 Å². The molecule has 0 aromatic carbocycles. The van der Waals surface area contributed by atoms with Gasteiger partial charge in [0.2, 0.25) is 12.2 Å². The van der Waals surface area contributed by atoms with Crippen LogP contribution in [0.3, 0.4) is 0 Å². The number of aliphatic carboxylic acids is 1. The van der Waals surface area contributed by atoms with Crippen molar-refractivity contribution in [3.8, 4) is 0 Å². The Bertz CT molecular complexity index is 591. The molecule has 0 spiro atoms. The highest BCUT2D eigenvalue weighted by Crippen LogP contribution is 2.15. The largest absolute Gasteiger partial charge is 0.477 e. The molecule has 1 aromatic heterocycles. The second-order valence-electron chi connectivity index (χ2n) is 4.16. The number of aromatic nitrogens is 1. The summed E-state index contributed by atoms with van der Waals surface area (Å²) in [6.07, 6.45) is 6.33. The van der Waals surface area contributed by atoms with Crippen molar-refractivity contribution in [2.45, 2.75) is 20.4 Å². The van der Waals surface area contributed by atoms with E-state index < -0.39 is 11.9 Å². The molecular formula is C15H19N2O4+. The number of ether oxygens (including phenoxy) is 1. The molecule has 6 nitrogen and oxygen atoms in total. The van der Waals surface area contributed by atoms with E-state index >= 15 is 0 Å². The molecule has 0 saturated carbocycles. The Balaban J connectivity index is 3.23. The van der Waals surface area contributed by atoms with Crippen molar-refractivity contribution in [3.63, 3.8) is 0 Å². The average Bonchev–Trinajstić information content (AvgIpc) is 2.42. The van der Waals surface area contributed by atoms with E-state index in [4.69, 9.17) is 15.6 Å². The van der Waals surface area contributed by atoms with Crippen molar-refractivity contribution in [3.05, 3.63) is 41.9 Å². The molecule has 0 aliphatic rings. The summed E-state index contributed by atoms with van der Waals surface area (Å²) in [6.45, 7) is 3.62. The van der Waals surface area contributed by atoms with Crippen LogP contribution in [0.15, 0.2) is 30.6 Å². The zero-order valence-electron chi connectivity index (χ0n) is 12.1. The van der Waals surface area contributed by atoms with E-state index in [1.54, 1.807) is 42.0 Å². The van der Waals surface area contributed by atoms with Gasteiger partial charge in [0.15, 0.2) is 6.20 Å². The van der Waals surface area contributed by atoms with Crippen LogP contribution >= 0.6 is 0 Å². The Hall–Kier alpha value is -2.63. The Morgan fingerprint density at radius 1 is 1.48 bits per heavy atom. The lowest BCUT2D eigenvalue weighted by Crippen LogP contribution is -2.40. The summed E-state index contributed by atoms with van der Waals surface area (Å²) in [5, 5.41) is 8.89. The fraction of sp³-hybridized carbons (Fsp3) is 0.267. The molecule has 3 N–H and O–H groups in total. The van der Waals surface area contributed by atoms with Gasteiger partial charge in [0.25, 0.3) is 0 Å². The predicted molar refractivity (Wildman–Crippen MR) is 77.8 cm³/mol. The van der Waals surface area contributed by atoms with Crippen molar-refractivity contribution in [1.29, 1.82) is 0 Å². The number of hydrogen-bond acceptors (Lipinski definition) is 4. The smallest absolute Gasteiger partial charge is 0.370 e. The van der Waals surface area contributed by atoms with Gasteiger partial charge in [-0.15, -0.1) is 0 Å². The van der Waals surface area contributed by atoms with Gasteiger partial charge in [0, 0.05) is 30.0 Å². The highest BCUT2D eigenvalue weighted by molar-refractivity contribution is 6.16. The van der Waals surface area contributed by atoms with Gasteiger partial charge < -0.3 is 15.6 Å². The second kappa shape index (κ2) is 7.84. The Kier molecular flexibility index (Phi) is 6.13. The molecule has 6 heteroatoms. The molecule has 1 heterocycles. The fourth-order valence-corrected chi connectivity index (χ4v) is 1.81. The normalized spacial score (nSPS) is 11.6. The van der Waals surface area contributed by atoms with E-state index in [1.807, 2.05) is 6.92 Å². The van der Waals surface area contributed by atoms with Gasteiger partial charge >= 0.3 is 11.9 Å². The minimum Gasteiger partial charge on any atom is -0.477 e. The lowest BCUT2D eigenvalue weighted by atomic mass is 10.1. The minimum atomic E-state index is -0.946. The number of esters is 1. The van der Waals surface area contributed by atoms with Gasteiger partial charge in [0.05, 0.1) is 12.2 Å². The van der Waals surface area contributed by atoms with Crippen molar-refractivity contribution >= 4 is 23.6 Å². The van der Waals surface area contributed by atoms with Crippen LogP contribution in [-0.2, 0) is 20.9 Å². The second-order valence-corrected chi connectivity index (χ2v) is 4.16. The van der Waals surface area contributed by atoms with Gasteiger partial charge in [-0.05, 0) is 13.8 Å². The third-order valence-corrected chi connectivity index (χ3v) is 2.69. The van der Waals surface area contributed by atoms with Crippen molar-refractivity contribution < 1.29 is 24.0 Å². The first-order valence-corrected chi connectivity index (χ1v) is 6.50. The quantitative estimate of drug-likeness (QED) is 0.462. The van der Waals surface area contributed by atoms with Crippen LogP contribution in [0.2, 0.25) is 0 Å². The lowest BCUT2D eigenvalue weighted by Gasteiger charge is -2.07. The highest BCUT2D eigenvalue weighted by atomic mass is 16.5. The third-order valence-electron chi connectivity index (χ3n) is 2.69. The van der Waals surface area contributed by atoms with E-state index in [9.17, 15) is 9.59 Å². The van der Waals surface area contributed by atoms with Crippen LogP contribution < -0.4 is 10.3 Å². The van der Waals surface area contributed by atoms with Gasteiger partial charge in [-0.2, -0.15) is 4.57 Å². The van der Waals surface area contributed by atoms with Crippen molar-refractivity contribution in [2.24, 2.45) is 5.73 Å². The predicted octanol–water partition coefficient (Wildman–Crippen LogP) is 0.954. The van der Waals surface area contributed by atoms with Crippen LogP contribution in [0.5, 0.6) is 0 Å². The molecule has 0 atom stereocenters. The molecule has 0 aliphatic carbocycles. The molecule has 112 valence electrons. The van der Waals surface area contributed by atoms with E-state index in [0.29, 0.717) is 11.3 Å². The molecular weight excluding hydrogens is 272 g/mol. The van der Waals surface area contributed by atoms with Crippen LogP contribution in [0.25, 0.3) is 11.6 Å². The third kappa shape index (κ3) is 4.45. The van der Waals surface area contributed by atoms with E-state index in [0.717, 1.165) is 0 Å². The first kappa shape index (κ1) is 16.4. The zero-order valence-corrected chi connectivity index (χ0v) is 12.1. The van der Waals surface area contributed by atoms with E-state index in [2.05, 4.69) is 0 Å². The standard InChI is InChI=1S/C15H18N2O4/c1-3-5-12-8-11(6-7-17(12)10-14(18)19)13(9-16)15(20)21-4-2/h3,5-9,16H,4,10H2,1-2H3,(H,18,19)/p+1/b5-3+. The Labute approximate surface area is 123 Å². The first-order valence-electron chi connectivity index (χ1n) is 6.50. The molecule has 0 amide bonds. The molecule has 1 aromatic rings. The van der Waals surface area contributed by atoms with Crippen LogP contribution in [0.4, 0.5) is 0 Å². The Morgan fingerprint density at radius 2 is 2.19 bits per heavy atom. The molecule has 0 radical (unpaired) electrons. The molecule has 0 fully saturated rings. The maximum Gasteiger partial charge on any atom is 0.370 e. The van der Waals surface area contributed by atoms with E-state index in [-0.39, 0.29) is 18.7 Å². The van der Waals surface area contributed by atoms with Gasteiger partial charge in [-0.25, -0.2) is 9.59 Å². The monoisotopic (exact) mass is 291 g/mol. The molecule has 21 heavy (non-hydrogen) atoms. The minimum absolute atomic E-state index is 0.166. The molecule has 0 saturated heterocycles. The SMILES string of the molecule is C/C=C/c1cc(/C(=C/N)C(=O)OCC)cc[n+]1CC(=O)O. The van der Waals surface area contributed by atoms with Crippen LogP contribution in [0, 0.1) is 0 Å². The summed E-state index contributed by atoms with van der Waals surface area (Å²) in [4.78, 5) is 22.7. The molecule has 0 unspecified atom stereocenters. The summed E-state index contributed by atoms with van der Waals surface area (Å²) >= 11 is 0. The maximum absolute atomic E-state index is 11.8. The number of hydrogen-bond donors (Lipinski definition) is 2. The molecule has 0 aliphatic heterocycles. The molecule has 1 rings (SSSR count). The summed E-state index contributed by atoms with van der Waals surface area (Å²) in [5.74, 6) is -1.46. The van der Waals surface area contributed by atoms with E-state index in [1.165, 1.54) is 6.20 Å². The number of nitrogens with zero attached hydrogens (tertiary/aromatic N) is 1. The first-order chi connectivity index (χ1) is 10.0. The number of rotatable bonds is 6. The van der Waals surface area contributed by atoms with Gasteiger partial charge in [-0.3, -0.25) is 0 Å². The maximum atomic E-state index is 11.8. The lowest BCUT2D eigenvalue weighted by molar-refractivity contribution is -0.687. The topological polar surface area (TPSA) is 93.5 Å². The number of carboxylic acid groups (broad SMARTS) is 1. The number of carboxylic acids is 1. The van der Waals surface area contributed by atoms with Gasteiger partial charge in [-0.1, -0.05) is 6.08 Å². The highest BCUT2D eigenvalue weighted by Gasteiger charge is 2.18. The summed E-state index contributed by atoms with van der Waals surface area (Å²) in [7, 11) is 0. The van der Waals surface area contributed by atoms with Crippen molar-refractivity contribution in [2.75, 3.05) is 6.61 Å². The number of nitrogens with two attached hydrogens (primary N) is 1. The van der Waals surface area contributed by atoms with Crippen LogP contribution in [-0.4, -0.2) is 23.7 Å². The summed E-state index contributed by atoms with van der Waals surface area (Å²) < 4.78 is 6.50. The molecule has 0 bridgehead atoms. The fourth-order valence-electron chi connectivity index (χ4n) is 1.81. The zero-order chi connectivity index (χ0) is 15.8. The number of carbonyl (C=O) groups is 2. The number of carbonyl (C=O) groups excluding carboxylic acids is 1. The van der Waals surface area contributed by atoms with Gasteiger partial charge in [0.1, 0.15) is 0 Å².